The minimum Gasteiger partial charge on any atom is -0.480 e. The summed E-state index contributed by atoms with van der Waals surface area (Å²) < 4.78 is 39.1. The minimum absolute atomic E-state index is 0.0292. The number of anilines is 1. The second kappa shape index (κ2) is 12.8. The Balaban J connectivity index is 1.50. The quantitative estimate of drug-likeness (QED) is 0.251. The van der Waals surface area contributed by atoms with Crippen molar-refractivity contribution in [3.8, 4) is 0 Å². The number of alkyl halides is 3. The third kappa shape index (κ3) is 7.90. The first kappa shape index (κ1) is 30.2. The van der Waals surface area contributed by atoms with Crippen molar-refractivity contribution in [2.75, 3.05) is 11.9 Å². The Labute approximate surface area is 239 Å². The highest BCUT2D eigenvalue weighted by atomic mass is 19.4. The number of rotatable bonds is 10. The molecule has 3 aromatic carbocycles. The molecular formula is C33H37F3N2O3. The van der Waals surface area contributed by atoms with E-state index in [9.17, 15) is 27.9 Å². The number of hydrogen-bond acceptors (Lipinski definition) is 3. The van der Waals surface area contributed by atoms with Crippen LogP contribution in [-0.2, 0) is 28.7 Å². The number of carboxylic acids is 1. The fourth-order valence-corrected chi connectivity index (χ4v) is 6.06. The van der Waals surface area contributed by atoms with Gasteiger partial charge in [0.25, 0.3) is 0 Å². The van der Waals surface area contributed by atoms with Gasteiger partial charge in [0.1, 0.15) is 6.04 Å². The number of benzene rings is 3. The first-order valence-corrected chi connectivity index (χ1v) is 14.0. The topological polar surface area (TPSA) is 69.6 Å². The van der Waals surface area contributed by atoms with Crippen LogP contribution in [-0.4, -0.2) is 30.1 Å². The predicted octanol–water partition coefficient (Wildman–Crippen LogP) is 7.38. The maximum atomic E-state index is 13.2. The molecule has 0 bridgehead atoms. The van der Waals surface area contributed by atoms with E-state index >= 15 is 0 Å². The van der Waals surface area contributed by atoms with Crippen LogP contribution in [0.3, 0.4) is 0 Å². The number of carbonyl (C=O) groups is 2. The van der Waals surface area contributed by atoms with Gasteiger partial charge in [0.2, 0.25) is 5.91 Å². The molecule has 1 fully saturated rings. The summed E-state index contributed by atoms with van der Waals surface area (Å²) in [6.07, 6.45) is -0.434. The number of amides is 1. The lowest BCUT2D eigenvalue weighted by molar-refractivity contribution is -0.142. The van der Waals surface area contributed by atoms with E-state index in [2.05, 4.69) is 18.8 Å². The molecule has 1 saturated carbocycles. The van der Waals surface area contributed by atoms with Gasteiger partial charge in [0, 0.05) is 24.7 Å². The largest absolute Gasteiger partial charge is 0.480 e. The van der Waals surface area contributed by atoms with Crippen molar-refractivity contribution in [2.24, 2.45) is 11.8 Å². The summed E-state index contributed by atoms with van der Waals surface area (Å²) in [6, 6.07) is 15.5. The molecular weight excluding hydrogens is 529 g/mol. The average Bonchev–Trinajstić information content (AvgIpc) is 2.90. The minimum atomic E-state index is -4.40. The van der Waals surface area contributed by atoms with Crippen molar-refractivity contribution in [1.82, 2.24) is 5.32 Å². The van der Waals surface area contributed by atoms with Gasteiger partial charge in [0.15, 0.2) is 0 Å². The van der Waals surface area contributed by atoms with E-state index < -0.39 is 29.7 Å². The molecule has 8 heteroatoms. The Morgan fingerprint density at radius 3 is 2.44 bits per heavy atom. The molecule has 2 unspecified atom stereocenters. The highest BCUT2D eigenvalue weighted by Gasteiger charge is 2.30. The fraction of sp³-hybridized carbons (Fsp3) is 0.394. The number of carboxylic acid groups (broad SMARTS) is 1. The third-order valence-electron chi connectivity index (χ3n) is 7.86. The van der Waals surface area contributed by atoms with E-state index in [1.54, 1.807) is 0 Å². The van der Waals surface area contributed by atoms with Crippen LogP contribution in [0.1, 0.15) is 55.7 Å². The van der Waals surface area contributed by atoms with E-state index in [-0.39, 0.29) is 6.42 Å². The van der Waals surface area contributed by atoms with Crippen LogP contribution in [0, 0.1) is 11.8 Å². The Kier molecular flexibility index (Phi) is 9.41. The molecule has 0 saturated heterocycles. The van der Waals surface area contributed by atoms with Crippen molar-refractivity contribution < 1.29 is 27.9 Å². The summed E-state index contributed by atoms with van der Waals surface area (Å²) in [7, 11) is 1.83. The standard InChI is InChI=1S/C33H37F3N2O3/c1-21-16-22(2)18-24(17-21)10-15-29(32(40)41)37-30(39)19-26-12-11-25-6-4-5-7-28(25)31(26)38(3)20-23-8-13-27(14-9-23)33(34,35)36/h4-9,11-14,22,24,29H,1,10,15-20H2,2-3H3,(H,37,39)(H,40,41)/t22?,24?,29-/m0/s1. The molecule has 0 radical (unpaired) electrons. The molecule has 3 aromatic rings. The molecule has 218 valence electrons. The molecule has 0 aromatic heterocycles. The molecule has 1 amide bonds. The monoisotopic (exact) mass is 566 g/mol. The molecule has 3 atom stereocenters. The smallest absolute Gasteiger partial charge is 0.416 e. The number of fused-ring (bicyclic) bond motifs is 1. The number of nitrogens with one attached hydrogen (secondary N) is 1. The summed E-state index contributed by atoms with van der Waals surface area (Å²) in [5, 5.41) is 14.4. The zero-order chi connectivity index (χ0) is 29.7. The van der Waals surface area contributed by atoms with E-state index in [1.807, 2.05) is 48.3 Å². The zero-order valence-corrected chi connectivity index (χ0v) is 23.5. The van der Waals surface area contributed by atoms with E-state index in [4.69, 9.17) is 0 Å². The van der Waals surface area contributed by atoms with Crippen molar-refractivity contribution in [1.29, 1.82) is 0 Å². The number of allylic oxidation sites excluding steroid dienone is 1. The summed E-state index contributed by atoms with van der Waals surface area (Å²) >= 11 is 0. The molecule has 5 nitrogen and oxygen atoms in total. The Morgan fingerprint density at radius 2 is 1.78 bits per heavy atom. The predicted molar refractivity (Wildman–Crippen MR) is 156 cm³/mol. The van der Waals surface area contributed by atoms with Gasteiger partial charge in [-0.3, -0.25) is 4.79 Å². The molecule has 2 N–H and O–H groups in total. The molecule has 0 aliphatic heterocycles. The maximum absolute atomic E-state index is 13.2. The van der Waals surface area contributed by atoms with Gasteiger partial charge in [-0.15, -0.1) is 0 Å². The number of carbonyl (C=O) groups excluding carboxylic acids is 1. The summed E-state index contributed by atoms with van der Waals surface area (Å²) in [6.45, 7) is 6.63. The highest BCUT2D eigenvalue weighted by Crippen LogP contribution is 2.35. The van der Waals surface area contributed by atoms with Gasteiger partial charge in [-0.05, 0) is 72.6 Å². The Bertz CT molecular complexity index is 1400. The zero-order valence-electron chi connectivity index (χ0n) is 23.5. The van der Waals surface area contributed by atoms with Crippen LogP contribution >= 0.6 is 0 Å². The molecule has 0 spiro atoms. The van der Waals surface area contributed by atoms with Crippen LogP contribution in [0.4, 0.5) is 18.9 Å². The van der Waals surface area contributed by atoms with Crippen molar-refractivity contribution in [3.05, 3.63) is 89.5 Å². The van der Waals surface area contributed by atoms with E-state index in [0.717, 1.165) is 47.9 Å². The molecule has 41 heavy (non-hydrogen) atoms. The van der Waals surface area contributed by atoms with Crippen LogP contribution in [0.5, 0.6) is 0 Å². The van der Waals surface area contributed by atoms with Gasteiger partial charge in [-0.2, -0.15) is 13.2 Å². The summed E-state index contributed by atoms with van der Waals surface area (Å²) in [5.41, 5.74) is 2.67. The van der Waals surface area contributed by atoms with Crippen molar-refractivity contribution in [3.63, 3.8) is 0 Å². The number of nitrogens with zero attached hydrogens (tertiary/aromatic N) is 1. The summed E-state index contributed by atoms with van der Waals surface area (Å²) in [4.78, 5) is 27.1. The Hall–Kier alpha value is -3.81. The van der Waals surface area contributed by atoms with Gasteiger partial charge >= 0.3 is 12.1 Å². The van der Waals surface area contributed by atoms with Gasteiger partial charge in [-0.25, -0.2) is 4.79 Å². The second-order valence-electron chi connectivity index (χ2n) is 11.4. The first-order valence-electron chi connectivity index (χ1n) is 14.0. The molecule has 1 aliphatic carbocycles. The molecule has 4 rings (SSSR count). The lowest BCUT2D eigenvalue weighted by atomic mass is 9.77. The molecule has 1 aliphatic rings. The van der Waals surface area contributed by atoms with Gasteiger partial charge < -0.3 is 15.3 Å². The molecule has 0 heterocycles. The van der Waals surface area contributed by atoms with Gasteiger partial charge in [0.05, 0.1) is 12.0 Å². The lowest BCUT2D eigenvalue weighted by Crippen LogP contribution is -2.42. The van der Waals surface area contributed by atoms with E-state index in [0.29, 0.717) is 42.3 Å². The van der Waals surface area contributed by atoms with Crippen LogP contribution < -0.4 is 10.2 Å². The fourth-order valence-electron chi connectivity index (χ4n) is 6.06. The number of aliphatic carboxylic acids is 1. The van der Waals surface area contributed by atoms with Crippen molar-refractivity contribution in [2.45, 2.75) is 64.2 Å². The normalized spacial score (nSPS) is 18.2. The van der Waals surface area contributed by atoms with Crippen molar-refractivity contribution >= 4 is 28.3 Å². The van der Waals surface area contributed by atoms with Gasteiger partial charge in [-0.1, -0.05) is 67.6 Å². The van der Waals surface area contributed by atoms with E-state index in [1.165, 1.54) is 17.7 Å². The second-order valence-corrected chi connectivity index (χ2v) is 11.4. The summed E-state index contributed by atoms with van der Waals surface area (Å²) in [5.74, 6) is -0.543. The lowest BCUT2D eigenvalue weighted by Gasteiger charge is -2.29. The average molecular weight is 567 g/mol. The maximum Gasteiger partial charge on any atom is 0.416 e. The SMILES string of the molecule is C=C1CC(C)CC(CC[C@H](NC(=O)Cc2ccc3ccccc3c2N(C)Cc2ccc(C(F)(F)F)cc2)C(=O)O)C1. The van der Waals surface area contributed by atoms with Crippen LogP contribution in [0.15, 0.2) is 72.8 Å². The third-order valence-corrected chi connectivity index (χ3v) is 7.86. The first-order chi connectivity index (χ1) is 19.4. The number of halogens is 3. The number of hydrogen-bond donors (Lipinski definition) is 2. The Morgan fingerprint density at radius 1 is 1.07 bits per heavy atom. The van der Waals surface area contributed by atoms with Crippen LogP contribution in [0.2, 0.25) is 0 Å². The van der Waals surface area contributed by atoms with Crippen LogP contribution in [0.25, 0.3) is 10.8 Å². The highest BCUT2D eigenvalue weighted by molar-refractivity contribution is 5.98.